The van der Waals surface area contributed by atoms with E-state index in [1.54, 1.807) is 36.3 Å². The molecule has 2 aromatic rings. The third kappa shape index (κ3) is 3.50. The van der Waals surface area contributed by atoms with E-state index in [2.05, 4.69) is 0 Å². The highest BCUT2D eigenvalue weighted by Crippen LogP contribution is 2.31. The first-order valence-electron chi connectivity index (χ1n) is 8.22. The number of methoxy groups -OCH3 is 1. The molecule has 25 heavy (non-hydrogen) atoms. The number of carbonyl (C=O) groups is 2. The summed E-state index contributed by atoms with van der Waals surface area (Å²) in [5.74, 6) is 0.246. The molecule has 3 rings (SSSR count). The fraction of sp³-hybridized carbons (Fsp3) is 0.300. The van der Waals surface area contributed by atoms with Crippen molar-refractivity contribution in [2.45, 2.75) is 20.3 Å². The average Bonchev–Trinajstić information content (AvgIpc) is 2.97. The molecule has 1 saturated heterocycles. The van der Waals surface area contributed by atoms with Gasteiger partial charge in [-0.2, -0.15) is 0 Å². The molecule has 0 aromatic heterocycles. The smallest absolute Gasteiger partial charge is 0.316 e. The van der Waals surface area contributed by atoms with E-state index in [1.807, 2.05) is 32.0 Å². The van der Waals surface area contributed by atoms with Crippen LogP contribution in [0.5, 0.6) is 11.5 Å². The zero-order chi connectivity index (χ0) is 18.0. The highest BCUT2D eigenvalue weighted by Gasteiger charge is 2.37. The quantitative estimate of drug-likeness (QED) is 0.634. The number of ether oxygens (including phenoxy) is 2. The van der Waals surface area contributed by atoms with Crippen LogP contribution in [0, 0.1) is 19.8 Å². The topological polar surface area (TPSA) is 55.8 Å². The first kappa shape index (κ1) is 17.0. The van der Waals surface area contributed by atoms with Crippen LogP contribution in [-0.4, -0.2) is 25.5 Å². The third-order valence-electron chi connectivity index (χ3n) is 4.45. The van der Waals surface area contributed by atoms with Gasteiger partial charge in [-0.1, -0.05) is 18.2 Å². The molecule has 0 spiro atoms. The largest absolute Gasteiger partial charge is 0.497 e. The fourth-order valence-electron chi connectivity index (χ4n) is 3.16. The summed E-state index contributed by atoms with van der Waals surface area (Å²) in [6.07, 6.45) is 0.169. The summed E-state index contributed by atoms with van der Waals surface area (Å²) < 4.78 is 10.5. The minimum absolute atomic E-state index is 0.0471. The van der Waals surface area contributed by atoms with Gasteiger partial charge < -0.3 is 14.4 Å². The van der Waals surface area contributed by atoms with Gasteiger partial charge >= 0.3 is 5.97 Å². The third-order valence-corrected chi connectivity index (χ3v) is 4.45. The summed E-state index contributed by atoms with van der Waals surface area (Å²) in [6, 6.07) is 12.7. The maximum atomic E-state index is 12.4. The number of nitrogens with zero attached hydrogens (tertiary/aromatic N) is 1. The molecule has 0 unspecified atom stereocenters. The maximum Gasteiger partial charge on any atom is 0.316 e. The first-order chi connectivity index (χ1) is 12.0. The molecule has 1 amide bonds. The Morgan fingerprint density at radius 2 is 1.64 bits per heavy atom. The number of aryl methyl sites for hydroxylation is 2. The highest BCUT2D eigenvalue weighted by atomic mass is 16.5. The van der Waals surface area contributed by atoms with Crippen LogP contribution >= 0.6 is 0 Å². The summed E-state index contributed by atoms with van der Waals surface area (Å²) in [5, 5.41) is 0. The number of hydrogen-bond donors (Lipinski definition) is 0. The van der Waals surface area contributed by atoms with E-state index in [1.165, 1.54) is 0 Å². The second-order valence-electron chi connectivity index (χ2n) is 6.24. The molecule has 1 atom stereocenters. The molecule has 2 aromatic carbocycles. The normalized spacial score (nSPS) is 16.8. The number of para-hydroxylation sites is 1. The number of amides is 1. The van der Waals surface area contributed by atoms with Crippen molar-refractivity contribution in [1.29, 1.82) is 0 Å². The van der Waals surface area contributed by atoms with Gasteiger partial charge in [-0.3, -0.25) is 9.59 Å². The Hall–Kier alpha value is -2.82. The Kier molecular flexibility index (Phi) is 4.74. The zero-order valence-corrected chi connectivity index (χ0v) is 14.6. The van der Waals surface area contributed by atoms with E-state index >= 15 is 0 Å². The SMILES string of the molecule is COc1ccc(OC(=O)[C@@H]2CC(=O)N(c3c(C)cccc3C)C2)cc1. The van der Waals surface area contributed by atoms with E-state index < -0.39 is 5.92 Å². The summed E-state index contributed by atoms with van der Waals surface area (Å²) in [4.78, 5) is 26.6. The van der Waals surface area contributed by atoms with Crippen molar-refractivity contribution in [3.8, 4) is 11.5 Å². The Morgan fingerprint density at radius 3 is 2.24 bits per heavy atom. The number of hydrogen-bond acceptors (Lipinski definition) is 4. The van der Waals surface area contributed by atoms with Crippen molar-refractivity contribution in [3.63, 3.8) is 0 Å². The Labute approximate surface area is 147 Å². The van der Waals surface area contributed by atoms with Crippen molar-refractivity contribution >= 4 is 17.6 Å². The van der Waals surface area contributed by atoms with Gasteiger partial charge in [0.05, 0.1) is 13.0 Å². The molecule has 5 heteroatoms. The number of carbonyl (C=O) groups excluding carboxylic acids is 2. The van der Waals surface area contributed by atoms with Crippen LogP contribution in [0.25, 0.3) is 0 Å². The molecule has 0 N–H and O–H groups in total. The van der Waals surface area contributed by atoms with Crippen molar-refractivity contribution in [2.24, 2.45) is 5.92 Å². The minimum Gasteiger partial charge on any atom is -0.497 e. The summed E-state index contributed by atoms with van der Waals surface area (Å²) in [5.41, 5.74) is 2.95. The molecule has 5 nitrogen and oxygen atoms in total. The van der Waals surface area contributed by atoms with Crippen LogP contribution in [0.4, 0.5) is 5.69 Å². The summed E-state index contributed by atoms with van der Waals surface area (Å²) in [7, 11) is 1.58. The lowest BCUT2D eigenvalue weighted by Crippen LogP contribution is -2.28. The lowest BCUT2D eigenvalue weighted by molar-refractivity contribution is -0.139. The predicted octanol–water partition coefficient (Wildman–Crippen LogP) is 3.27. The van der Waals surface area contributed by atoms with Crippen LogP contribution in [0.2, 0.25) is 0 Å². The molecule has 0 bridgehead atoms. The van der Waals surface area contributed by atoms with E-state index in [9.17, 15) is 9.59 Å². The van der Waals surface area contributed by atoms with Crippen LogP contribution in [0.15, 0.2) is 42.5 Å². The molecular formula is C20H21NO4. The number of rotatable bonds is 4. The van der Waals surface area contributed by atoms with Crippen LogP contribution < -0.4 is 14.4 Å². The van der Waals surface area contributed by atoms with Gasteiger partial charge in [0.2, 0.25) is 5.91 Å². The molecule has 130 valence electrons. The lowest BCUT2D eigenvalue weighted by atomic mass is 10.1. The van der Waals surface area contributed by atoms with Gasteiger partial charge in [0, 0.05) is 18.7 Å². The molecule has 1 heterocycles. The Balaban J connectivity index is 1.72. The minimum atomic E-state index is -0.464. The molecule has 0 saturated carbocycles. The van der Waals surface area contributed by atoms with Gasteiger partial charge in [-0.15, -0.1) is 0 Å². The predicted molar refractivity (Wildman–Crippen MR) is 95.0 cm³/mol. The number of esters is 1. The summed E-state index contributed by atoms with van der Waals surface area (Å²) in [6.45, 7) is 4.29. The van der Waals surface area contributed by atoms with Crippen LogP contribution in [0.3, 0.4) is 0 Å². The second-order valence-corrected chi connectivity index (χ2v) is 6.24. The first-order valence-corrected chi connectivity index (χ1v) is 8.22. The van der Waals surface area contributed by atoms with E-state index in [0.29, 0.717) is 18.0 Å². The maximum absolute atomic E-state index is 12.4. The van der Waals surface area contributed by atoms with E-state index in [-0.39, 0.29) is 18.3 Å². The van der Waals surface area contributed by atoms with Crippen molar-refractivity contribution < 1.29 is 19.1 Å². The molecule has 1 aliphatic rings. The molecule has 0 radical (unpaired) electrons. The summed E-state index contributed by atoms with van der Waals surface area (Å²) >= 11 is 0. The van der Waals surface area contributed by atoms with Gasteiger partial charge in [0.25, 0.3) is 0 Å². The number of anilines is 1. The van der Waals surface area contributed by atoms with Gasteiger partial charge in [-0.25, -0.2) is 0 Å². The zero-order valence-electron chi connectivity index (χ0n) is 14.6. The molecule has 1 aliphatic heterocycles. The Bertz CT molecular complexity index is 778. The highest BCUT2D eigenvalue weighted by molar-refractivity contribution is 6.00. The average molecular weight is 339 g/mol. The van der Waals surface area contributed by atoms with Crippen LogP contribution in [-0.2, 0) is 9.59 Å². The number of benzene rings is 2. The monoisotopic (exact) mass is 339 g/mol. The molecular weight excluding hydrogens is 318 g/mol. The van der Waals surface area contributed by atoms with Crippen molar-refractivity contribution in [2.75, 3.05) is 18.6 Å². The molecule has 0 aliphatic carbocycles. The van der Waals surface area contributed by atoms with Crippen molar-refractivity contribution in [3.05, 3.63) is 53.6 Å². The Morgan fingerprint density at radius 1 is 1.04 bits per heavy atom. The van der Waals surface area contributed by atoms with Gasteiger partial charge in [0.15, 0.2) is 0 Å². The lowest BCUT2D eigenvalue weighted by Gasteiger charge is -2.21. The van der Waals surface area contributed by atoms with E-state index in [4.69, 9.17) is 9.47 Å². The van der Waals surface area contributed by atoms with Gasteiger partial charge in [-0.05, 0) is 49.2 Å². The van der Waals surface area contributed by atoms with E-state index in [0.717, 1.165) is 16.8 Å². The molecule has 1 fully saturated rings. The van der Waals surface area contributed by atoms with Gasteiger partial charge in [0.1, 0.15) is 11.5 Å². The second kappa shape index (κ2) is 6.97. The standard InChI is InChI=1S/C20H21NO4/c1-13-5-4-6-14(2)19(13)21-12-15(11-18(21)22)20(23)25-17-9-7-16(24-3)8-10-17/h4-10,15H,11-12H2,1-3H3/t15-/m1/s1. The van der Waals surface area contributed by atoms with Crippen molar-refractivity contribution in [1.82, 2.24) is 0 Å². The van der Waals surface area contributed by atoms with Crippen LogP contribution in [0.1, 0.15) is 17.5 Å². The fourth-order valence-corrected chi connectivity index (χ4v) is 3.16.